The molecule has 96 valence electrons. The van der Waals surface area contributed by atoms with Crippen molar-refractivity contribution in [3.8, 4) is 0 Å². The quantitative estimate of drug-likeness (QED) is 0.831. The summed E-state index contributed by atoms with van der Waals surface area (Å²) in [5, 5.41) is 13.6. The Bertz CT molecular complexity index is 357. The van der Waals surface area contributed by atoms with E-state index in [0.717, 1.165) is 18.5 Å². The number of halogens is 2. The second kappa shape index (κ2) is 7.22. The molecule has 2 unspecified atom stereocenters. The van der Waals surface area contributed by atoms with Crippen molar-refractivity contribution in [2.45, 2.75) is 26.3 Å². The molecule has 2 nitrogen and oxygen atoms in total. The summed E-state index contributed by atoms with van der Waals surface area (Å²) in [5.74, 6) is 0.452. The number of nitrogens with one attached hydrogen (secondary N) is 1. The number of benzene rings is 1. The van der Waals surface area contributed by atoms with E-state index in [0.29, 0.717) is 16.0 Å². The van der Waals surface area contributed by atoms with E-state index in [4.69, 9.17) is 28.3 Å². The lowest BCUT2D eigenvalue weighted by molar-refractivity contribution is 0.258. The van der Waals surface area contributed by atoms with Crippen molar-refractivity contribution >= 4 is 23.2 Å². The summed E-state index contributed by atoms with van der Waals surface area (Å²) >= 11 is 12.0. The average molecular weight is 276 g/mol. The van der Waals surface area contributed by atoms with Gasteiger partial charge in [-0.05, 0) is 43.5 Å². The van der Waals surface area contributed by atoms with E-state index in [1.807, 2.05) is 12.1 Å². The summed E-state index contributed by atoms with van der Waals surface area (Å²) in [7, 11) is 0. The van der Waals surface area contributed by atoms with Crippen molar-refractivity contribution in [2.75, 3.05) is 13.2 Å². The first kappa shape index (κ1) is 14.8. The lowest BCUT2D eigenvalue weighted by Crippen LogP contribution is -2.25. The normalized spacial score (nSPS) is 14.6. The van der Waals surface area contributed by atoms with Crippen LogP contribution in [0.25, 0.3) is 0 Å². The van der Waals surface area contributed by atoms with Gasteiger partial charge in [0.2, 0.25) is 0 Å². The van der Waals surface area contributed by atoms with Crippen LogP contribution in [0.3, 0.4) is 0 Å². The van der Waals surface area contributed by atoms with Gasteiger partial charge in [-0.15, -0.1) is 0 Å². The standard InChI is InChI=1S/C13H19Cl2NO/c1-9(5-6-17)8-16-10(2)12-4-3-11(14)7-13(12)15/h3-4,7,9-10,16-17H,5-6,8H2,1-2H3. The van der Waals surface area contributed by atoms with Gasteiger partial charge in [-0.1, -0.05) is 36.2 Å². The molecule has 0 bridgehead atoms. The Morgan fingerprint density at radius 3 is 2.59 bits per heavy atom. The fourth-order valence-corrected chi connectivity index (χ4v) is 2.24. The van der Waals surface area contributed by atoms with E-state index < -0.39 is 0 Å². The van der Waals surface area contributed by atoms with Crippen LogP contribution in [-0.2, 0) is 0 Å². The van der Waals surface area contributed by atoms with Crippen LogP contribution in [0.2, 0.25) is 10.0 Å². The summed E-state index contributed by atoms with van der Waals surface area (Å²) < 4.78 is 0. The summed E-state index contributed by atoms with van der Waals surface area (Å²) in [5.41, 5.74) is 1.05. The maximum Gasteiger partial charge on any atom is 0.0468 e. The second-order valence-electron chi connectivity index (χ2n) is 4.41. The second-order valence-corrected chi connectivity index (χ2v) is 5.26. The molecule has 0 aromatic heterocycles. The molecule has 0 saturated carbocycles. The van der Waals surface area contributed by atoms with Crippen LogP contribution < -0.4 is 5.32 Å². The number of hydrogen-bond donors (Lipinski definition) is 2. The number of aliphatic hydroxyl groups is 1. The number of aliphatic hydroxyl groups excluding tert-OH is 1. The van der Waals surface area contributed by atoms with Gasteiger partial charge in [-0.3, -0.25) is 0 Å². The van der Waals surface area contributed by atoms with Crippen LogP contribution in [0, 0.1) is 5.92 Å². The number of hydrogen-bond acceptors (Lipinski definition) is 2. The first-order valence-electron chi connectivity index (χ1n) is 5.83. The van der Waals surface area contributed by atoms with Crippen molar-refractivity contribution in [3.05, 3.63) is 33.8 Å². The molecule has 0 spiro atoms. The highest BCUT2D eigenvalue weighted by Gasteiger charge is 2.10. The molecule has 0 saturated heterocycles. The van der Waals surface area contributed by atoms with Crippen LogP contribution in [0.15, 0.2) is 18.2 Å². The van der Waals surface area contributed by atoms with Crippen LogP contribution in [0.5, 0.6) is 0 Å². The predicted molar refractivity (Wildman–Crippen MR) is 73.7 cm³/mol. The van der Waals surface area contributed by atoms with Crippen LogP contribution in [-0.4, -0.2) is 18.3 Å². The minimum Gasteiger partial charge on any atom is -0.396 e. The molecule has 4 heteroatoms. The Kier molecular flexibility index (Phi) is 6.28. The average Bonchev–Trinajstić information content (AvgIpc) is 2.26. The SMILES string of the molecule is CC(CCO)CNC(C)c1ccc(Cl)cc1Cl. The Hall–Kier alpha value is -0.280. The third-order valence-corrected chi connectivity index (χ3v) is 3.39. The van der Waals surface area contributed by atoms with E-state index in [1.165, 1.54) is 0 Å². The maximum absolute atomic E-state index is 8.83. The van der Waals surface area contributed by atoms with Gasteiger partial charge in [0.1, 0.15) is 0 Å². The fourth-order valence-electron chi connectivity index (χ4n) is 1.66. The summed E-state index contributed by atoms with van der Waals surface area (Å²) in [6, 6.07) is 5.73. The highest BCUT2D eigenvalue weighted by Crippen LogP contribution is 2.26. The topological polar surface area (TPSA) is 32.3 Å². The molecule has 0 heterocycles. The van der Waals surface area contributed by atoms with Crippen molar-refractivity contribution in [1.29, 1.82) is 0 Å². The van der Waals surface area contributed by atoms with E-state index in [2.05, 4.69) is 19.2 Å². The molecule has 1 rings (SSSR count). The highest BCUT2D eigenvalue weighted by atomic mass is 35.5. The van der Waals surface area contributed by atoms with Crippen LogP contribution in [0.1, 0.15) is 31.9 Å². The predicted octanol–water partition coefficient (Wildman–Crippen LogP) is 3.66. The zero-order valence-corrected chi connectivity index (χ0v) is 11.7. The van der Waals surface area contributed by atoms with Gasteiger partial charge in [-0.2, -0.15) is 0 Å². The van der Waals surface area contributed by atoms with Gasteiger partial charge in [0, 0.05) is 22.7 Å². The molecule has 0 aliphatic carbocycles. The van der Waals surface area contributed by atoms with Gasteiger partial charge in [-0.25, -0.2) is 0 Å². The zero-order chi connectivity index (χ0) is 12.8. The van der Waals surface area contributed by atoms with Crippen molar-refractivity contribution in [1.82, 2.24) is 5.32 Å². The molecule has 0 radical (unpaired) electrons. The van der Waals surface area contributed by atoms with Gasteiger partial charge in [0.05, 0.1) is 0 Å². The molecule has 2 N–H and O–H groups in total. The first-order chi connectivity index (χ1) is 8.04. The summed E-state index contributed by atoms with van der Waals surface area (Å²) in [6.45, 7) is 5.28. The van der Waals surface area contributed by atoms with Crippen molar-refractivity contribution in [2.24, 2.45) is 5.92 Å². The smallest absolute Gasteiger partial charge is 0.0468 e. The molecule has 1 aromatic carbocycles. The first-order valence-corrected chi connectivity index (χ1v) is 6.59. The van der Waals surface area contributed by atoms with E-state index in [-0.39, 0.29) is 12.6 Å². The molecule has 0 aliphatic rings. The third-order valence-electron chi connectivity index (χ3n) is 2.82. The molecule has 0 amide bonds. The third kappa shape index (κ3) is 4.84. The number of rotatable bonds is 6. The van der Waals surface area contributed by atoms with E-state index >= 15 is 0 Å². The molecule has 17 heavy (non-hydrogen) atoms. The molecule has 1 aromatic rings. The van der Waals surface area contributed by atoms with Crippen molar-refractivity contribution in [3.63, 3.8) is 0 Å². The lowest BCUT2D eigenvalue weighted by Gasteiger charge is -2.18. The maximum atomic E-state index is 8.83. The fraction of sp³-hybridized carbons (Fsp3) is 0.538. The van der Waals surface area contributed by atoms with Crippen LogP contribution in [0.4, 0.5) is 0 Å². The minimum absolute atomic E-state index is 0.181. The molecule has 0 aliphatic heterocycles. The van der Waals surface area contributed by atoms with Crippen LogP contribution >= 0.6 is 23.2 Å². The minimum atomic E-state index is 0.181. The summed E-state index contributed by atoms with van der Waals surface area (Å²) in [4.78, 5) is 0. The summed E-state index contributed by atoms with van der Waals surface area (Å²) in [6.07, 6.45) is 0.814. The Labute approximate surface area is 113 Å². The molecule has 2 atom stereocenters. The van der Waals surface area contributed by atoms with Gasteiger partial charge in [0.15, 0.2) is 0 Å². The van der Waals surface area contributed by atoms with E-state index in [1.54, 1.807) is 6.07 Å². The van der Waals surface area contributed by atoms with Gasteiger partial charge < -0.3 is 10.4 Å². The Morgan fingerprint density at radius 1 is 1.29 bits per heavy atom. The lowest BCUT2D eigenvalue weighted by atomic mass is 10.1. The molecular formula is C13H19Cl2NO. The van der Waals surface area contributed by atoms with Gasteiger partial charge >= 0.3 is 0 Å². The molecule has 0 fully saturated rings. The Balaban J connectivity index is 2.54. The monoisotopic (exact) mass is 275 g/mol. The zero-order valence-electron chi connectivity index (χ0n) is 10.2. The highest BCUT2D eigenvalue weighted by molar-refractivity contribution is 6.35. The van der Waals surface area contributed by atoms with Crippen molar-refractivity contribution < 1.29 is 5.11 Å². The van der Waals surface area contributed by atoms with Gasteiger partial charge in [0.25, 0.3) is 0 Å². The van der Waals surface area contributed by atoms with E-state index in [9.17, 15) is 0 Å². The largest absolute Gasteiger partial charge is 0.396 e. The molecular weight excluding hydrogens is 257 g/mol. The Morgan fingerprint density at radius 2 is 2.00 bits per heavy atom.